The fourth-order valence-corrected chi connectivity index (χ4v) is 2.30. The van der Waals surface area contributed by atoms with Crippen molar-refractivity contribution in [3.8, 4) is 5.75 Å². The lowest BCUT2D eigenvalue weighted by Crippen LogP contribution is -2.32. The highest BCUT2D eigenvalue weighted by Crippen LogP contribution is 2.21. The topological polar surface area (TPSA) is 101 Å². The summed E-state index contributed by atoms with van der Waals surface area (Å²) in [7, 11) is 0. The van der Waals surface area contributed by atoms with Gasteiger partial charge >= 0.3 is 0 Å². The van der Waals surface area contributed by atoms with Crippen LogP contribution in [0.5, 0.6) is 5.75 Å². The molecule has 0 aliphatic carbocycles. The molecule has 1 aromatic carbocycles. The number of rotatable bonds is 4. The molecule has 1 atom stereocenters. The molecule has 3 aromatic rings. The van der Waals surface area contributed by atoms with E-state index < -0.39 is 0 Å². The van der Waals surface area contributed by atoms with Crippen molar-refractivity contribution in [1.82, 2.24) is 20.4 Å². The highest BCUT2D eigenvalue weighted by Gasteiger charge is 2.23. The van der Waals surface area contributed by atoms with Gasteiger partial charge in [-0.05, 0) is 24.1 Å². The number of phenolic OH excluding ortho intramolecular Hbond substituents is 1. The summed E-state index contributed by atoms with van der Waals surface area (Å²) in [5, 5.41) is 16.9. The first-order valence-electron chi connectivity index (χ1n) is 7.20. The van der Waals surface area contributed by atoms with Crippen molar-refractivity contribution in [3.05, 3.63) is 48.2 Å². The molecular formula is C16H16N4O3. The van der Waals surface area contributed by atoms with E-state index >= 15 is 0 Å². The number of benzene rings is 1. The summed E-state index contributed by atoms with van der Waals surface area (Å²) in [5.41, 5.74) is 1.05. The maximum Gasteiger partial charge on any atom is 0.253 e. The Morgan fingerprint density at radius 2 is 2.09 bits per heavy atom. The third-order valence-electron chi connectivity index (χ3n) is 3.54. The van der Waals surface area contributed by atoms with Crippen LogP contribution in [0, 0.1) is 5.92 Å². The molecule has 3 rings (SSSR count). The van der Waals surface area contributed by atoms with E-state index in [1.54, 1.807) is 24.3 Å². The third-order valence-corrected chi connectivity index (χ3v) is 3.54. The van der Waals surface area contributed by atoms with Gasteiger partial charge in [0.15, 0.2) is 5.82 Å². The quantitative estimate of drug-likeness (QED) is 0.767. The minimum absolute atomic E-state index is 0.0990. The Morgan fingerprint density at radius 1 is 1.26 bits per heavy atom. The Morgan fingerprint density at radius 3 is 2.78 bits per heavy atom. The molecule has 0 saturated carbocycles. The molecule has 0 bridgehead atoms. The van der Waals surface area contributed by atoms with Crippen LogP contribution in [0.1, 0.15) is 36.1 Å². The average molecular weight is 312 g/mol. The van der Waals surface area contributed by atoms with Crippen molar-refractivity contribution in [2.45, 2.75) is 19.9 Å². The summed E-state index contributed by atoms with van der Waals surface area (Å²) < 4.78 is 4.75. The highest BCUT2D eigenvalue weighted by molar-refractivity contribution is 5.97. The smallest absolute Gasteiger partial charge is 0.253 e. The predicted molar refractivity (Wildman–Crippen MR) is 82.8 cm³/mol. The van der Waals surface area contributed by atoms with Crippen LogP contribution in [0.25, 0.3) is 10.9 Å². The normalized spacial score (nSPS) is 12.5. The van der Waals surface area contributed by atoms with E-state index in [4.69, 9.17) is 4.52 Å². The second-order valence-corrected chi connectivity index (χ2v) is 5.59. The number of pyridine rings is 1. The molecule has 118 valence electrons. The minimum Gasteiger partial charge on any atom is -0.508 e. The molecule has 0 fully saturated rings. The van der Waals surface area contributed by atoms with Crippen molar-refractivity contribution in [2.75, 3.05) is 0 Å². The lowest BCUT2D eigenvalue weighted by Gasteiger charge is -2.19. The zero-order chi connectivity index (χ0) is 16.4. The number of carbonyl (C=O) groups is 1. The minimum atomic E-state index is -0.350. The maximum atomic E-state index is 12.5. The Hall–Kier alpha value is -2.96. The third kappa shape index (κ3) is 3.13. The van der Waals surface area contributed by atoms with Crippen LogP contribution in [0.3, 0.4) is 0 Å². The van der Waals surface area contributed by atoms with Crippen molar-refractivity contribution in [3.63, 3.8) is 0 Å². The fourth-order valence-electron chi connectivity index (χ4n) is 2.30. The number of hydrogen-bond acceptors (Lipinski definition) is 6. The molecule has 0 radical (unpaired) electrons. The molecule has 1 amide bonds. The zero-order valence-corrected chi connectivity index (χ0v) is 12.7. The molecule has 2 heterocycles. The summed E-state index contributed by atoms with van der Waals surface area (Å²) in [6.07, 6.45) is 2.71. The Balaban J connectivity index is 1.86. The molecule has 0 saturated heterocycles. The Labute approximate surface area is 132 Å². The van der Waals surface area contributed by atoms with Gasteiger partial charge in [-0.1, -0.05) is 19.0 Å². The van der Waals surface area contributed by atoms with Gasteiger partial charge in [-0.2, -0.15) is 4.98 Å². The van der Waals surface area contributed by atoms with Gasteiger partial charge in [0.05, 0.1) is 17.1 Å². The molecule has 23 heavy (non-hydrogen) atoms. The van der Waals surface area contributed by atoms with Gasteiger partial charge in [0.1, 0.15) is 5.75 Å². The summed E-state index contributed by atoms with van der Waals surface area (Å²) in [6.45, 7) is 3.92. The number of carbonyl (C=O) groups excluding carboxylic acids is 1. The number of nitrogens with zero attached hydrogens (tertiary/aromatic N) is 3. The van der Waals surface area contributed by atoms with Crippen molar-refractivity contribution < 1.29 is 14.4 Å². The summed E-state index contributed by atoms with van der Waals surface area (Å²) in [5.74, 6) is 0.407. The van der Waals surface area contributed by atoms with E-state index in [0.717, 1.165) is 5.39 Å². The van der Waals surface area contributed by atoms with Gasteiger partial charge in [-0.3, -0.25) is 9.78 Å². The number of amides is 1. The fraction of sp³-hybridized carbons (Fsp3) is 0.250. The van der Waals surface area contributed by atoms with E-state index in [9.17, 15) is 9.90 Å². The molecular weight excluding hydrogens is 296 g/mol. The number of nitrogens with one attached hydrogen (secondary N) is 1. The Kier molecular flexibility index (Phi) is 3.92. The van der Waals surface area contributed by atoms with Crippen molar-refractivity contribution in [1.29, 1.82) is 0 Å². The molecule has 2 N–H and O–H groups in total. The zero-order valence-electron chi connectivity index (χ0n) is 12.7. The average Bonchev–Trinajstić information content (AvgIpc) is 3.05. The second-order valence-electron chi connectivity index (χ2n) is 5.59. The summed E-state index contributed by atoms with van der Waals surface area (Å²) in [6, 6.07) is 6.20. The second kappa shape index (κ2) is 6.04. The highest BCUT2D eigenvalue weighted by atomic mass is 16.5. The lowest BCUT2D eigenvalue weighted by atomic mass is 10.0. The predicted octanol–water partition coefficient (Wildman–Crippen LogP) is 2.45. The van der Waals surface area contributed by atoms with Crippen LogP contribution in [-0.2, 0) is 0 Å². The van der Waals surface area contributed by atoms with E-state index in [1.807, 2.05) is 13.8 Å². The van der Waals surface area contributed by atoms with Gasteiger partial charge in [0.2, 0.25) is 6.39 Å². The molecule has 2 aromatic heterocycles. The van der Waals surface area contributed by atoms with Crippen LogP contribution in [0.2, 0.25) is 0 Å². The molecule has 7 heteroatoms. The molecule has 0 aliphatic heterocycles. The van der Waals surface area contributed by atoms with Crippen LogP contribution in [0.4, 0.5) is 0 Å². The van der Waals surface area contributed by atoms with Crippen LogP contribution >= 0.6 is 0 Å². The Bertz CT molecular complexity index is 830. The first-order chi connectivity index (χ1) is 11.0. The van der Waals surface area contributed by atoms with Gasteiger partial charge in [0.25, 0.3) is 5.91 Å². The summed E-state index contributed by atoms with van der Waals surface area (Å²) in [4.78, 5) is 20.7. The van der Waals surface area contributed by atoms with E-state index in [2.05, 4.69) is 20.4 Å². The van der Waals surface area contributed by atoms with Crippen molar-refractivity contribution in [2.24, 2.45) is 5.92 Å². The van der Waals surface area contributed by atoms with Gasteiger partial charge in [-0.15, -0.1) is 0 Å². The van der Waals surface area contributed by atoms with E-state index in [-0.39, 0.29) is 23.6 Å². The summed E-state index contributed by atoms with van der Waals surface area (Å²) >= 11 is 0. The monoisotopic (exact) mass is 312 g/mol. The standard InChI is InChI=1S/C16H16N4O3/c1-9(2)14(15-18-8-23-20-15)19-16(22)11-5-10-3-4-12(21)6-13(10)17-7-11/h3-9,14,21H,1-2H3,(H,19,22). The van der Waals surface area contributed by atoms with Crippen LogP contribution in [-0.4, -0.2) is 26.1 Å². The van der Waals surface area contributed by atoms with Gasteiger partial charge < -0.3 is 14.9 Å². The van der Waals surface area contributed by atoms with Gasteiger partial charge in [-0.25, -0.2) is 0 Å². The number of fused-ring (bicyclic) bond motifs is 1. The first-order valence-corrected chi connectivity index (χ1v) is 7.20. The molecule has 1 unspecified atom stereocenters. The van der Waals surface area contributed by atoms with Crippen molar-refractivity contribution >= 4 is 16.8 Å². The first kappa shape index (κ1) is 15.0. The number of aromatic hydroxyl groups is 1. The maximum absolute atomic E-state index is 12.5. The lowest BCUT2D eigenvalue weighted by molar-refractivity contribution is 0.0922. The van der Waals surface area contributed by atoms with Crippen LogP contribution in [0.15, 0.2) is 41.4 Å². The van der Waals surface area contributed by atoms with E-state index in [1.165, 1.54) is 12.6 Å². The van der Waals surface area contributed by atoms with E-state index in [0.29, 0.717) is 16.9 Å². The largest absolute Gasteiger partial charge is 0.508 e. The van der Waals surface area contributed by atoms with Crippen LogP contribution < -0.4 is 5.32 Å². The number of phenols is 1. The SMILES string of the molecule is CC(C)C(NC(=O)c1cnc2cc(O)ccc2c1)c1ncon1. The number of hydrogen-bond donors (Lipinski definition) is 2. The number of aromatic nitrogens is 3. The molecule has 0 spiro atoms. The molecule has 0 aliphatic rings. The molecule has 7 nitrogen and oxygen atoms in total. The van der Waals surface area contributed by atoms with Gasteiger partial charge in [0, 0.05) is 17.6 Å².